The minimum atomic E-state index is 0.701. The Balaban J connectivity index is 2.05. The summed E-state index contributed by atoms with van der Waals surface area (Å²) < 4.78 is 0. The predicted octanol–water partition coefficient (Wildman–Crippen LogP) is 2.66. The molecule has 0 spiro atoms. The molecule has 0 aliphatic carbocycles. The van der Waals surface area contributed by atoms with Crippen LogP contribution in [0.2, 0.25) is 0 Å². The molecule has 0 amide bonds. The van der Waals surface area contributed by atoms with E-state index in [2.05, 4.69) is 31.1 Å². The first kappa shape index (κ1) is 10.4. The van der Waals surface area contributed by atoms with Crippen LogP contribution in [0.4, 0.5) is 0 Å². The Bertz CT molecular complexity index is 110. The van der Waals surface area contributed by atoms with Gasteiger partial charge in [-0.05, 0) is 45.4 Å². The molecule has 1 heterocycles. The van der Waals surface area contributed by atoms with Gasteiger partial charge in [0.25, 0.3) is 0 Å². The van der Waals surface area contributed by atoms with E-state index >= 15 is 0 Å². The number of rotatable bonds is 4. The van der Waals surface area contributed by atoms with Gasteiger partial charge in [0.1, 0.15) is 0 Å². The first-order valence-electron chi connectivity index (χ1n) is 5.12. The Kier molecular flexibility index (Phi) is 5.08. The van der Waals surface area contributed by atoms with Gasteiger partial charge >= 0.3 is 0 Å². The van der Waals surface area contributed by atoms with Crippen molar-refractivity contribution in [2.75, 3.05) is 12.8 Å². The molecule has 0 aromatic rings. The van der Waals surface area contributed by atoms with Crippen LogP contribution in [0.1, 0.15) is 39.0 Å². The lowest BCUT2D eigenvalue weighted by Crippen LogP contribution is -2.23. The van der Waals surface area contributed by atoms with Gasteiger partial charge in [0.2, 0.25) is 0 Å². The maximum atomic E-state index is 3.30. The van der Waals surface area contributed by atoms with E-state index in [1.807, 2.05) is 0 Å². The van der Waals surface area contributed by atoms with Crippen LogP contribution < -0.4 is 5.32 Å². The molecule has 0 aromatic carbocycles. The minimum Gasteiger partial charge on any atom is -0.317 e. The Morgan fingerprint density at radius 1 is 1.50 bits per heavy atom. The molecule has 1 aliphatic heterocycles. The highest BCUT2D eigenvalue weighted by atomic mass is 32.2. The summed E-state index contributed by atoms with van der Waals surface area (Å²) in [4.78, 5) is 0. The van der Waals surface area contributed by atoms with Crippen molar-refractivity contribution in [2.24, 2.45) is 0 Å². The lowest BCUT2D eigenvalue weighted by Gasteiger charge is -2.22. The van der Waals surface area contributed by atoms with E-state index < -0.39 is 0 Å². The van der Waals surface area contributed by atoms with Crippen LogP contribution in [0.25, 0.3) is 0 Å². The monoisotopic (exact) mass is 187 g/mol. The molecule has 0 bridgehead atoms. The van der Waals surface area contributed by atoms with Crippen LogP contribution in [0.15, 0.2) is 0 Å². The van der Waals surface area contributed by atoms with E-state index in [1.165, 1.54) is 37.9 Å². The summed E-state index contributed by atoms with van der Waals surface area (Å²) in [5.74, 6) is 1.40. The van der Waals surface area contributed by atoms with Gasteiger partial charge in [-0.1, -0.05) is 6.42 Å². The van der Waals surface area contributed by atoms with Gasteiger partial charge < -0.3 is 5.32 Å². The zero-order valence-corrected chi connectivity index (χ0v) is 9.12. The van der Waals surface area contributed by atoms with E-state index in [4.69, 9.17) is 0 Å². The van der Waals surface area contributed by atoms with Gasteiger partial charge in [0.15, 0.2) is 0 Å². The van der Waals surface area contributed by atoms with Gasteiger partial charge in [-0.3, -0.25) is 0 Å². The van der Waals surface area contributed by atoms with E-state index in [9.17, 15) is 0 Å². The molecule has 1 nitrogen and oxygen atoms in total. The molecule has 1 aliphatic rings. The van der Waals surface area contributed by atoms with Crippen molar-refractivity contribution < 1.29 is 0 Å². The van der Waals surface area contributed by atoms with Crippen molar-refractivity contribution in [3.8, 4) is 0 Å². The largest absolute Gasteiger partial charge is 0.317 e. The normalized spacial score (nSPS) is 27.0. The summed E-state index contributed by atoms with van der Waals surface area (Å²) >= 11 is 2.19. The number of thioether (sulfide) groups is 1. The second kappa shape index (κ2) is 5.87. The van der Waals surface area contributed by atoms with Crippen LogP contribution in [-0.2, 0) is 0 Å². The molecule has 12 heavy (non-hydrogen) atoms. The fraction of sp³-hybridized carbons (Fsp3) is 1.00. The van der Waals surface area contributed by atoms with Gasteiger partial charge in [-0.2, -0.15) is 11.8 Å². The Morgan fingerprint density at radius 3 is 2.92 bits per heavy atom. The third-order valence-electron chi connectivity index (χ3n) is 2.69. The maximum absolute atomic E-state index is 3.30. The molecule has 2 unspecified atom stereocenters. The fourth-order valence-corrected chi connectivity index (χ4v) is 2.96. The van der Waals surface area contributed by atoms with E-state index in [0.29, 0.717) is 6.04 Å². The smallest absolute Gasteiger partial charge is 0.00476 e. The molecule has 2 heteroatoms. The molecule has 72 valence electrons. The summed E-state index contributed by atoms with van der Waals surface area (Å²) in [7, 11) is 2.05. The SMILES string of the molecule is CNC(C)CCC1CCCCS1. The third-order valence-corrected chi connectivity index (χ3v) is 4.16. The lowest BCUT2D eigenvalue weighted by molar-refractivity contribution is 0.515. The van der Waals surface area contributed by atoms with Crippen molar-refractivity contribution in [1.82, 2.24) is 5.32 Å². The highest BCUT2D eigenvalue weighted by Crippen LogP contribution is 2.28. The standard InChI is InChI=1S/C10H21NS/c1-9(11-2)6-7-10-5-3-4-8-12-10/h9-11H,3-8H2,1-2H3. The first-order valence-corrected chi connectivity index (χ1v) is 6.16. The van der Waals surface area contributed by atoms with Crippen molar-refractivity contribution in [1.29, 1.82) is 0 Å². The molecule has 2 atom stereocenters. The summed E-state index contributed by atoms with van der Waals surface area (Å²) in [6.07, 6.45) is 7.12. The zero-order chi connectivity index (χ0) is 8.81. The Hall–Kier alpha value is 0.310. The maximum Gasteiger partial charge on any atom is 0.00476 e. The molecule has 1 fully saturated rings. The number of hydrogen-bond donors (Lipinski definition) is 1. The topological polar surface area (TPSA) is 12.0 Å². The third kappa shape index (κ3) is 3.81. The minimum absolute atomic E-state index is 0.701. The molecule has 0 radical (unpaired) electrons. The predicted molar refractivity (Wildman–Crippen MR) is 57.9 cm³/mol. The van der Waals surface area contributed by atoms with Crippen molar-refractivity contribution in [2.45, 2.75) is 50.3 Å². The number of nitrogens with one attached hydrogen (secondary N) is 1. The molecule has 0 aromatic heterocycles. The van der Waals surface area contributed by atoms with Crippen LogP contribution in [0.5, 0.6) is 0 Å². The summed E-state index contributed by atoms with van der Waals surface area (Å²) in [5.41, 5.74) is 0. The van der Waals surface area contributed by atoms with E-state index in [1.54, 1.807) is 0 Å². The second-order valence-electron chi connectivity index (χ2n) is 3.76. The zero-order valence-electron chi connectivity index (χ0n) is 8.31. The average Bonchev–Trinajstić information content (AvgIpc) is 2.16. The van der Waals surface area contributed by atoms with E-state index in [-0.39, 0.29) is 0 Å². The summed E-state index contributed by atoms with van der Waals surface area (Å²) in [6, 6.07) is 0.701. The number of hydrogen-bond acceptors (Lipinski definition) is 2. The Morgan fingerprint density at radius 2 is 2.33 bits per heavy atom. The van der Waals surface area contributed by atoms with Crippen molar-refractivity contribution >= 4 is 11.8 Å². The second-order valence-corrected chi connectivity index (χ2v) is 5.16. The van der Waals surface area contributed by atoms with E-state index in [0.717, 1.165) is 5.25 Å². The van der Waals surface area contributed by atoms with Gasteiger partial charge in [0, 0.05) is 11.3 Å². The summed E-state index contributed by atoms with van der Waals surface area (Å²) in [6.45, 7) is 2.27. The van der Waals surface area contributed by atoms with Gasteiger partial charge in [-0.15, -0.1) is 0 Å². The first-order chi connectivity index (χ1) is 5.83. The quantitative estimate of drug-likeness (QED) is 0.726. The van der Waals surface area contributed by atoms with Crippen LogP contribution >= 0.6 is 11.8 Å². The van der Waals surface area contributed by atoms with Crippen molar-refractivity contribution in [3.05, 3.63) is 0 Å². The van der Waals surface area contributed by atoms with Crippen LogP contribution in [-0.4, -0.2) is 24.1 Å². The lowest BCUT2D eigenvalue weighted by atomic mass is 10.1. The van der Waals surface area contributed by atoms with Crippen LogP contribution in [0.3, 0.4) is 0 Å². The van der Waals surface area contributed by atoms with Crippen molar-refractivity contribution in [3.63, 3.8) is 0 Å². The van der Waals surface area contributed by atoms with Gasteiger partial charge in [0.05, 0.1) is 0 Å². The Labute approximate surface area is 80.7 Å². The fourth-order valence-electron chi connectivity index (χ4n) is 1.62. The molecule has 1 N–H and O–H groups in total. The molecular formula is C10H21NS. The van der Waals surface area contributed by atoms with Crippen LogP contribution in [0, 0.1) is 0 Å². The molecular weight excluding hydrogens is 166 g/mol. The molecule has 0 saturated carbocycles. The van der Waals surface area contributed by atoms with Gasteiger partial charge in [-0.25, -0.2) is 0 Å². The molecule has 1 saturated heterocycles. The highest BCUT2D eigenvalue weighted by Gasteiger charge is 2.14. The average molecular weight is 187 g/mol. The highest BCUT2D eigenvalue weighted by molar-refractivity contribution is 7.99. The molecule has 1 rings (SSSR count). The summed E-state index contributed by atoms with van der Waals surface area (Å²) in [5, 5.41) is 4.26.